The highest BCUT2D eigenvalue weighted by molar-refractivity contribution is 5.70. The number of amides is 1. The number of ether oxygens (including phenoxy) is 3. The Morgan fingerprint density at radius 2 is 2.08 bits per heavy atom. The molecule has 2 saturated heterocycles. The lowest BCUT2D eigenvalue weighted by molar-refractivity contribution is -0.156. The Bertz CT molecular complexity index is 231. The zero-order chi connectivity index (χ0) is 8.89. The average molecular weight is 185 g/mol. The van der Waals surface area contributed by atoms with Gasteiger partial charge in [-0.2, -0.15) is 0 Å². The third-order valence-corrected chi connectivity index (χ3v) is 2.87. The van der Waals surface area contributed by atoms with Crippen LogP contribution in [-0.2, 0) is 14.2 Å². The minimum Gasteiger partial charge on any atom is -0.444 e. The maximum atomic E-state index is 10.8. The molecule has 3 aliphatic rings. The zero-order valence-electron chi connectivity index (χ0n) is 7.12. The molecule has 0 bridgehead atoms. The molecule has 0 aromatic rings. The van der Waals surface area contributed by atoms with Crippen LogP contribution in [0.15, 0.2) is 0 Å². The summed E-state index contributed by atoms with van der Waals surface area (Å²) >= 11 is 0. The van der Waals surface area contributed by atoms with Gasteiger partial charge in [0.15, 0.2) is 5.79 Å². The first-order valence-electron chi connectivity index (χ1n) is 4.53. The third kappa shape index (κ3) is 1.04. The van der Waals surface area contributed by atoms with E-state index >= 15 is 0 Å². The summed E-state index contributed by atoms with van der Waals surface area (Å²) in [4.78, 5) is 10.8. The lowest BCUT2D eigenvalue weighted by atomic mass is 10.2. The molecule has 3 fully saturated rings. The summed E-state index contributed by atoms with van der Waals surface area (Å²) in [7, 11) is 0. The van der Waals surface area contributed by atoms with E-state index in [4.69, 9.17) is 14.2 Å². The predicted molar refractivity (Wildman–Crippen MR) is 41.1 cm³/mol. The molecular formula is C8H11NO4. The molecule has 13 heavy (non-hydrogen) atoms. The Morgan fingerprint density at radius 1 is 1.31 bits per heavy atom. The van der Waals surface area contributed by atoms with E-state index < -0.39 is 5.79 Å². The molecule has 2 heterocycles. The number of hydrogen-bond donors (Lipinski definition) is 1. The van der Waals surface area contributed by atoms with Crippen molar-refractivity contribution in [3.63, 3.8) is 0 Å². The van der Waals surface area contributed by atoms with Gasteiger partial charge in [-0.05, 0) is 0 Å². The molecule has 5 heteroatoms. The summed E-state index contributed by atoms with van der Waals surface area (Å²) in [6.45, 7) is 1.29. The molecule has 1 N–H and O–H groups in total. The maximum Gasteiger partial charge on any atom is 0.407 e. The van der Waals surface area contributed by atoms with Crippen LogP contribution in [0.4, 0.5) is 4.79 Å². The summed E-state index contributed by atoms with van der Waals surface area (Å²) in [6, 6.07) is 0.0746. The molecule has 1 saturated carbocycles. The van der Waals surface area contributed by atoms with Gasteiger partial charge in [-0.15, -0.1) is 0 Å². The van der Waals surface area contributed by atoms with Gasteiger partial charge in [0, 0.05) is 12.8 Å². The highest BCUT2D eigenvalue weighted by Gasteiger charge is 2.54. The molecule has 2 aliphatic heterocycles. The van der Waals surface area contributed by atoms with Gasteiger partial charge in [0.25, 0.3) is 0 Å². The van der Waals surface area contributed by atoms with Crippen LogP contribution in [0, 0.1) is 0 Å². The standard InChI is InChI=1S/C8H11NO4/c10-7-9-5-3-8(4-6(5)13-7)11-1-2-12-8/h5-6H,1-4H2,(H,9,10). The Kier molecular flexibility index (Phi) is 1.38. The summed E-state index contributed by atoms with van der Waals surface area (Å²) in [5.41, 5.74) is 0. The van der Waals surface area contributed by atoms with Crippen LogP contribution in [0.25, 0.3) is 0 Å². The van der Waals surface area contributed by atoms with Crippen molar-refractivity contribution in [1.82, 2.24) is 5.32 Å². The van der Waals surface area contributed by atoms with Crippen LogP contribution in [0.5, 0.6) is 0 Å². The molecule has 1 spiro atoms. The minimum atomic E-state index is -0.469. The molecule has 5 nitrogen and oxygen atoms in total. The molecule has 2 atom stereocenters. The van der Waals surface area contributed by atoms with Gasteiger partial charge in [-0.1, -0.05) is 0 Å². The summed E-state index contributed by atoms with van der Waals surface area (Å²) in [6.07, 6.45) is 0.994. The Hall–Kier alpha value is -0.810. The molecule has 0 aromatic heterocycles. The normalized spacial score (nSPS) is 40.5. The number of carbonyl (C=O) groups excluding carboxylic acids is 1. The van der Waals surface area contributed by atoms with E-state index in [9.17, 15) is 4.79 Å². The quantitative estimate of drug-likeness (QED) is 0.577. The molecule has 0 radical (unpaired) electrons. The van der Waals surface area contributed by atoms with Gasteiger partial charge in [0.05, 0.1) is 19.3 Å². The van der Waals surface area contributed by atoms with E-state index in [0.29, 0.717) is 26.1 Å². The van der Waals surface area contributed by atoms with E-state index in [0.717, 1.165) is 0 Å². The monoisotopic (exact) mass is 185 g/mol. The lowest BCUT2D eigenvalue weighted by Crippen LogP contribution is -2.32. The summed E-state index contributed by atoms with van der Waals surface area (Å²) in [5.74, 6) is -0.469. The van der Waals surface area contributed by atoms with E-state index in [1.165, 1.54) is 0 Å². The fourth-order valence-corrected chi connectivity index (χ4v) is 2.32. The van der Waals surface area contributed by atoms with Gasteiger partial charge in [0.1, 0.15) is 6.10 Å². The molecule has 1 aliphatic carbocycles. The molecule has 3 rings (SSSR count). The first-order valence-corrected chi connectivity index (χ1v) is 4.53. The van der Waals surface area contributed by atoms with Gasteiger partial charge >= 0.3 is 6.09 Å². The van der Waals surface area contributed by atoms with Crippen molar-refractivity contribution >= 4 is 6.09 Å². The fourth-order valence-electron chi connectivity index (χ4n) is 2.32. The van der Waals surface area contributed by atoms with Crippen LogP contribution >= 0.6 is 0 Å². The largest absolute Gasteiger partial charge is 0.444 e. The zero-order valence-corrected chi connectivity index (χ0v) is 7.12. The van der Waals surface area contributed by atoms with Crippen molar-refractivity contribution in [2.45, 2.75) is 30.8 Å². The van der Waals surface area contributed by atoms with Crippen LogP contribution in [0.2, 0.25) is 0 Å². The van der Waals surface area contributed by atoms with Gasteiger partial charge in [0.2, 0.25) is 0 Å². The number of fused-ring (bicyclic) bond motifs is 1. The lowest BCUT2D eigenvalue weighted by Gasteiger charge is -2.21. The minimum absolute atomic E-state index is 0.0643. The average Bonchev–Trinajstić information content (AvgIpc) is 2.67. The van der Waals surface area contributed by atoms with Crippen molar-refractivity contribution in [2.75, 3.05) is 13.2 Å². The van der Waals surface area contributed by atoms with E-state index in [-0.39, 0.29) is 18.2 Å². The Balaban J connectivity index is 1.77. The van der Waals surface area contributed by atoms with Crippen molar-refractivity contribution < 1.29 is 19.0 Å². The molecule has 72 valence electrons. The first-order chi connectivity index (χ1) is 6.27. The molecule has 1 amide bonds. The van der Waals surface area contributed by atoms with Gasteiger partial charge in [-0.3, -0.25) is 0 Å². The van der Waals surface area contributed by atoms with Crippen molar-refractivity contribution in [3.05, 3.63) is 0 Å². The van der Waals surface area contributed by atoms with E-state index in [2.05, 4.69) is 5.32 Å². The summed E-state index contributed by atoms with van der Waals surface area (Å²) in [5, 5.41) is 2.75. The smallest absolute Gasteiger partial charge is 0.407 e. The van der Waals surface area contributed by atoms with Crippen molar-refractivity contribution in [1.29, 1.82) is 0 Å². The maximum absolute atomic E-state index is 10.8. The molecule has 0 aromatic carbocycles. The van der Waals surface area contributed by atoms with Gasteiger partial charge in [-0.25, -0.2) is 4.79 Å². The van der Waals surface area contributed by atoms with E-state index in [1.807, 2.05) is 0 Å². The van der Waals surface area contributed by atoms with Gasteiger partial charge < -0.3 is 19.5 Å². The Morgan fingerprint density at radius 3 is 2.77 bits per heavy atom. The second-order valence-corrected chi connectivity index (χ2v) is 3.71. The van der Waals surface area contributed by atoms with E-state index in [1.54, 1.807) is 0 Å². The Labute approximate surface area is 75.3 Å². The highest BCUT2D eigenvalue weighted by atomic mass is 16.7. The van der Waals surface area contributed by atoms with Crippen LogP contribution in [0.3, 0.4) is 0 Å². The predicted octanol–water partition coefficient (Wildman–Crippen LogP) is 0.000300. The van der Waals surface area contributed by atoms with Crippen LogP contribution in [-0.4, -0.2) is 37.2 Å². The number of alkyl carbamates (subject to hydrolysis) is 1. The molecule has 2 unspecified atom stereocenters. The topological polar surface area (TPSA) is 56.8 Å². The first kappa shape index (κ1) is 7.58. The number of rotatable bonds is 0. The second kappa shape index (κ2) is 2.36. The third-order valence-electron chi connectivity index (χ3n) is 2.87. The highest BCUT2D eigenvalue weighted by Crippen LogP contribution is 2.40. The van der Waals surface area contributed by atoms with Crippen LogP contribution < -0.4 is 5.32 Å². The van der Waals surface area contributed by atoms with Crippen molar-refractivity contribution in [2.24, 2.45) is 0 Å². The molecular weight excluding hydrogens is 174 g/mol. The number of hydrogen-bond acceptors (Lipinski definition) is 4. The number of nitrogens with one attached hydrogen (secondary N) is 1. The van der Waals surface area contributed by atoms with Crippen molar-refractivity contribution in [3.8, 4) is 0 Å². The SMILES string of the molecule is O=C1NC2CC3(CC2O1)OCCO3. The summed E-state index contributed by atoms with van der Waals surface area (Å²) < 4.78 is 16.1. The number of carbonyl (C=O) groups is 1. The second-order valence-electron chi connectivity index (χ2n) is 3.71. The van der Waals surface area contributed by atoms with Crippen LogP contribution in [0.1, 0.15) is 12.8 Å². The fraction of sp³-hybridized carbons (Fsp3) is 0.875.